The quantitative estimate of drug-likeness (QED) is 0.842. The topological polar surface area (TPSA) is 61.2 Å². The van der Waals surface area contributed by atoms with Gasteiger partial charge in [-0.25, -0.2) is 4.98 Å². The molecule has 1 aliphatic rings. The summed E-state index contributed by atoms with van der Waals surface area (Å²) in [5, 5.41) is 12.2. The molecule has 0 spiro atoms. The van der Waals surface area contributed by atoms with E-state index in [4.69, 9.17) is 10.00 Å². The van der Waals surface area contributed by atoms with Crippen molar-refractivity contribution < 1.29 is 4.74 Å². The molecule has 25 heavy (non-hydrogen) atoms. The van der Waals surface area contributed by atoms with Crippen molar-refractivity contribution in [2.45, 2.75) is 12.8 Å². The van der Waals surface area contributed by atoms with Crippen LogP contribution < -0.4 is 10.1 Å². The SMILES string of the molecule is COc1ccc(CCN2CC[C@H](CNc3ccc(C#N)cn3)C2)cc1. The largest absolute Gasteiger partial charge is 0.497 e. The molecule has 1 N–H and O–H groups in total. The number of hydrogen-bond acceptors (Lipinski definition) is 5. The van der Waals surface area contributed by atoms with E-state index in [9.17, 15) is 0 Å². The monoisotopic (exact) mass is 336 g/mol. The van der Waals surface area contributed by atoms with Crippen LogP contribution in [0.3, 0.4) is 0 Å². The van der Waals surface area contributed by atoms with Gasteiger partial charge in [-0.05, 0) is 55.1 Å². The predicted molar refractivity (Wildman–Crippen MR) is 98.7 cm³/mol. The third kappa shape index (κ3) is 4.94. The van der Waals surface area contributed by atoms with Crippen LogP contribution in [-0.2, 0) is 6.42 Å². The molecular formula is C20H24N4O. The number of nitrogens with zero attached hydrogens (tertiary/aromatic N) is 3. The normalized spacial score (nSPS) is 17.2. The van der Waals surface area contributed by atoms with Crippen LogP contribution in [0.25, 0.3) is 0 Å². The molecule has 0 aliphatic carbocycles. The number of benzene rings is 1. The summed E-state index contributed by atoms with van der Waals surface area (Å²) in [5.74, 6) is 2.40. The Labute approximate surface area is 149 Å². The lowest BCUT2D eigenvalue weighted by Gasteiger charge is -2.16. The van der Waals surface area contributed by atoms with Crippen molar-refractivity contribution >= 4 is 5.82 Å². The number of rotatable bonds is 7. The Bertz CT molecular complexity index is 706. The molecule has 2 aromatic rings. The number of hydrogen-bond donors (Lipinski definition) is 1. The molecule has 0 bridgehead atoms. The molecule has 0 radical (unpaired) electrons. The first-order valence-corrected chi connectivity index (χ1v) is 8.72. The number of pyridine rings is 1. The summed E-state index contributed by atoms with van der Waals surface area (Å²) in [6, 6.07) is 14.1. The van der Waals surface area contributed by atoms with Crippen molar-refractivity contribution in [2.75, 3.05) is 38.6 Å². The maximum Gasteiger partial charge on any atom is 0.125 e. The lowest BCUT2D eigenvalue weighted by Crippen LogP contribution is -2.25. The van der Waals surface area contributed by atoms with Crippen LogP contribution in [-0.4, -0.2) is 43.2 Å². The molecule has 5 heteroatoms. The first kappa shape index (κ1) is 17.2. The zero-order chi connectivity index (χ0) is 17.5. The molecular weight excluding hydrogens is 312 g/mol. The van der Waals surface area contributed by atoms with Crippen LogP contribution in [0.2, 0.25) is 0 Å². The van der Waals surface area contributed by atoms with Crippen LogP contribution in [0.1, 0.15) is 17.5 Å². The Morgan fingerprint density at radius 2 is 2.12 bits per heavy atom. The highest BCUT2D eigenvalue weighted by Crippen LogP contribution is 2.18. The Morgan fingerprint density at radius 3 is 2.80 bits per heavy atom. The fourth-order valence-electron chi connectivity index (χ4n) is 3.18. The highest BCUT2D eigenvalue weighted by molar-refractivity contribution is 5.38. The second-order valence-electron chi connectivity index (χ2n) is 6.48. The van der Waals surface area contributed by atoms with Crippen molar-refractivity contribution in [3.05, 3.63) is 53.7 Å². The molecule has 2 heterocycles. The van der Waals surface area contributed by atoms with E-state index in [1.807, 2.05) is 18.2 Å². The van der Waals surface area contributed by atoms with Crippen LogP contribution in [0, 0.1) is 17.2 Å². The average Bonchev–Trinajstić information content (AvgIpc) is 3.13. The number of anilines is 1. The van der Waals surface area contributed by atoms with Gasteiger partial charge in [0.15, 0.2) is 0 Å². The van der Waals surface area contributed by atoms with Gasteiger partial charge in [0, 0.05) is 25.8 Å². The number of methoxy groups -OCH3 is 1. The number of nitrogens with one attached hydrogen (secondary N) is 1. The highest BCUT2D eigenvalue weighted by atomic mass is 16.5. The number of nitriles is 1. The fraction of sp³-hybridized carbons (Fsp3) is 0.400. The predicted octanol–water partition coefficient (Wildman–Crippen LogP) is 2.94. The minimum Gasteiger partial charge on any atom is -0.497 e. The molecule has 130 valence electrons. The summed E-state index contributed by atoms with van der Waals surface area (Å²) in [6.07, 6.45) is 3.89. The summed E-state index contributed by atoms with van der Waals surface area (Å²) < 4.78 is 5.20. The lowest BCUT2D eigenvalue weighted by atomic mass is 10.1. The first-order chi connectivity index (χ1) is 12.3. The van der Waals surface area contributed by atoms with Crippen LogP contribution in [0.15, 0.2) is 42.6 Å². The smallest absolute Gasteiger partial charge is 0.125 e. The minimum absolute atomic E-state index is 0.594. The number of aromatic nitrogens is 1. The summed E-state index contributed by atoms with van der Waals surface area (Å²) in [5.41, 5.74) is 1.94. The molecule has 0 saturated carbocycles. The average molecular weight is 336 g/mol. The number of ether oxygens (including phenoxy) is 1. The van der Waals surface area contributed by atoms with Crippen LogP contribution >= 0.6 is 0 Å². The zero-order valence-electron chi connectivity index (χ0n) is 14.6. The summed E-state index contributed by atoms with van der Waals surface area (Å²) >= 11 is 0. The molecule has 5 nitrogen and oxygen atoms in total. The Kier molecular flexibility index (Phi) is 5.86. The van der Waals surface area contributed by atoms with E-state index in [1.54, 1.807) is 19.4 Å². The Morgan fingerprint density at radius 1 is 1.28 bits per heavy atom. The van der Waals surface area contributed by atoms with E-state index in [2.05, 4.69) is 33.4 Å². The second kappa shape index (κ2) is 8.50. The Balaban J connectivity index is 1.39. The third-order valence-electron chi connectivity index (χ3n) is 4.71. The van der Waals surface area contributed by atoms with E-state index in [0.29, 0.717) is 11.5 Å². The first-order valence-electron chi connectivity index (χ1n) is 8.72. The van der Waals surface area contributed by atoms with Crippen molar-refractivity contribution in [3.63, 3.8) is 0 Å². The molecule has 1 aliphatic heterocycles. The van der Waals surface area contributed by atoms with Crippen LogP contribution in [0.5, 0.6) is 5.75 Å². The van der Waals surface area contributed by atoms with Gasteiger partial charge >= 0.3 is 0 Å². The summed E-state index contributed by atoms with van der Waals surface area (Å²) in [4.78, 5) is 6.79. The van der Waals surface area contributed by atoms with E-state index < -0.39 is 0 Å². The molecule has 0 unspecified atom stereocenters. The standard InChI is InChI=1S/C20H24N4O/c1-25-19-5-2-16(3-6-19)8-10-24-11-9-18(15-24)14-23-20-7-4-17(12-21)13-22-20/h2-7,13,18H,8-11,14-15H2,1H3,(H,22,23)/t18-/m1/s1. The van der Waals surface area contributed by atoms with Gasteiger partial charge in [-0.2, -0.15) is 5.26 Å². The van der Waals surface area contributed by atoms with Crippen molar-refractivity contribution in [1.29, 1.82) is 5.26 Å². The van der Waals surface area contributed by atoms with E-state index in [1.165, 1.54) is 12.0 Å². The molecule has 1 aromatic heterocycles. The minimum atomic E-state index is 0.594. The zero-order valence-corrected chi connectivity index (χ0v) is 14.6. The molecule has 1 fully saturated rings. The van der Waals surface area contributed by atoms with Crippen molar-refractivity contribution in [2.24, 2.45) is 5.92 Å². The summed E-state index contributed by atoms with van der Waals surface area (Å²) in [7, 11) is 1.70. The molecule has 0 amide bonds. The van der Waals surface area contributed by atoms with Gasteiger partial charge in [-0.1, -0.05) is 12.1 Å². The van der Waals surface area contributed by atoms with Gasteiger partial charge in [0.1, 0.15) is 17.6 Å². The lowest BCUT2D eigenvalue weighted by molar-refractivity contribution is 0.330. The van der Waals surface area contributed by atoms with E-state index in [-0.39, 0.29) is 0 Å². The van der Waals surface area contributed by atoms with Gasteiger partial charge in [0.2, 0.25) is 0 Å². The highest BCUT2D eigenvalue weighted by Gasteiger charge is 2.21. The van der Waals surface area contributed by atoms with Gasteiger partial charge in [-0.15, -0.1) is 0 Å². The second-order valence-corrected chi connectivity index (χ2v) is 6.48. The van der Waals surface area contributed by atoms with E-state index in [0.717, 1.165) is 44.2 Å². The molecule has 1 saturated heterocycles. The number of likely N-dealkylation sites (tertiary alicyclic amines) is 1. The summed E-state index contributed by atoms with van der Waals surface area (Å²) in [6.45, 7) is 4.30. The molecule has 1 atom stereocenters. The Hall–Kier alpha value is -2.58. The van der Waals surface area contributed by atoms with Gasteiger partial charge < -0.3 is 15.0 Å². The van der Waals surface area contributed by atoms with Gasteiger partial charge in [0.25, 0.3) is 0 Å². The fourth-order valence-corrected chi connectivity index (χ4v) is 3.18. The van der Waals surface area contributed by atoms with Crippen molar-refractivity contribution in [3.8, 4) is 11.8 Å². The van der Waals surface area contributed by atoms with Crippen LogP contribution in [0.4, 0.5) is 5.82 Å². The van der Waals surface area contributed by atoms with Gasteiger partial charge in [-0.3, -0.25) is 0 Å². The van der Waals surface area contributed by atoms with E-state index >= 15 is 0 Å². The molecule has 3 rings (SSSR count). The van der Waals surface area contributed by atoms with Gasteiger partial charge in [0.05, 0.1) is 12.7 Å². The van der Waals surface area contributed by atoms with Crippen molar-refractivity contribution in [1.82, 2.24) is 9.88 Å². The maximum absolute atomic E-state index is 8.80. The third-order valence-corrected chi connectivity index (χ3v) is 4.71. The molecule has 1 aromatic carbocycles. The maximum atomic E-state index is 8.80.